The molecule has 0 aliphatic carbocycles. The smallest absolute Gasteiger partial charge is 0.0751 e. The molecule has 0 amide bonds. The number of hydrogen-bond donors (Lipinski definition) is 0. The number of aromatic nitrogens is 2. The Labute approximate surface area is 81.6 Å². The van der Waals surface area contributed by atoms with E-state index in [4.69, 9.17) is 11.6 Å². The van der Waals surface area contributed by atoms with Gasteiger partial charge in [-0.3, -0.25) is 9.97 Å². The van der Waals surface area contributed by atoms with Gasteiger partial charge in [0.05, 0.1) is 10.5 Å². The summed E-state index contributed by atoms with van der Waals surface area (Å²) in [5, 5.41) is 1.68. The zero-order valence-corrected chi connectivity index (χ0v) is 8.26. The minimum Gasteiger partial charge on any atom is -0.264 e. The van der Waals surface area contributed by atoms with Gasteiger partial charge >= 0.3 is 0 Å². The molecule has 0 saturated carbocycles. The van der Waals surface area contributed by atoms with Crippen molar-refractivity contribution in [1.82, 2.24) is 9.97 Å². The molecule has 0 unspecified atom stereocenters. The molecule has 2 aromatic rings. The highest BCUT2D eigenvalue weighted by molar-refractivity contribution is 6.36. The predicted octanol–water partition coefficient (Wildman–Crippen LogP) is 2.90. The quantitative estimate of drug-likeness (QED) is 0.642. The van der Waals surface area contributed by atoms with Crippen LogP contribution in [0.4, 0.5) is 0 Å². The van der Waals surface area contributed by atoms with E-state index < -0.39 is 0 Å². The van der Waals surface area contributed by atoms with Gasteiger partial charge in [-0.1, -0.05) is 11.6 Å². The Balaban J connectivity index is 2.94. The van der Waals surface area contributed by atoms with E-state index in [2.05, 4.69) is 9.97 Å². The zero-order valence-electron chi connectivity index (χ0n) is 7.50. The summed E-state index contributed by atoms with van der Waals surface area (Å²) in [6, 6.07) is 1.87. The van der Waals surface area contributed by atoms with Crippen LogP contribution in [-0.4, -0.2) is 9.97 Å². The second kappa shape index (κ2) is 2.96. The first-order valence-corrected chi connectivity index (χ1v) is 4.44. The predicted molar refractivity (Wildman–Crippen MR) is 54.0 cm³/mol. The molecule has 2 heterocycles. The fraction of sp³-hybridized carbons (Fsp3) is 0.200. The van der Waals surface area contributed by atoms with Gasteiger partial charge in [-0.05, 0) is 25.5 Å². The van der Waals surface area contributed by atoms with Crippen molar-refractivity contribution in [2.45, 2.75) is 13.8 Å². The zero-order chi connectivity index (χ0) is 9.42. The molecule has 13 heavy (non-hydrogen) atoms. The summed E-state index contributed by atoms with van der Waals surface area (Å²) < 4.78 is 0. The summed E-state index contributed by atoms with van der Waals surface area (Å²) in [4.78, 5) is 8.43. The van der Waals surface area contributed by atoms with E-state index in [0.29, 0.717) is 0 Å². The highest BCUT2D eigenvalue weighted by atomic mass is 35.5. The van der Waals surface area contributed by atoms with Crippen molar-refractivity contribution in [3.05, 3.63) is 34.7 Å². The van der Waals surface area contributed by atoms with Crippen LogP contribution in [0.2, 0.25) is 5.02 Å². The lowest BCUT2D eigenvalue weighted by Crippen LogP contribution is -1.90. The van der Waals surface area contributed by atoms with Crippen molar-refractivity contribution >= 4 is 22.5 Å². The van der Waals surface area contributed by atoms with Crippen LogP contribution < -0.4 is 0 Å². The van der Waals surface area contributed by atoms with Gasteiger partial charge in [0, 0.05) is 23.5 Å². The van der Waals surface area contributed by atoms with Crippen LogP contribution in [0, 0.1) is 13.8 Å². The van der Waals surface area contributed by atoms with E-state index in [1.54, 1.807) is 12.4 Å². The fourth-order valence-electron chi connectivity index (χ4n) is 1.28. The van der Waals surface area contributed by atoms with Crippen molar-refractivity contribution in [3.8, 4) is 0 Å². The molecular formula is C10H9ClN2. The van der Waals surface area contributed by atoms with Gasteiger partial charge in [-0.25, -0.2) is 0 Å². The third-order valence-corrected chi connectivity index (χ3v) is 2.68. The van der Waals surface area contributed by atoms with Crippen molar-refractivity contribution in [2.24, 2.45) is 0 Å². The molecular weight excluding hydrogens is 184 g/mol. The average molecular weight is 193 g/mol. The second-order valence-corrected chi connectivity index (χ2v) is 3.41. The number of hydrogen-bond acceptors (Lipinski definition) is 2. The van der Waals surface area contributed by atoms with E-state index >= 15 is 0 Å². The maximum Gasteiger partial charge on any atom is 0.0751 e. The highest BCUT2D eigenvalue weighted by Gasteiger charge is 2.05. The summed E-state index contributed by atoms with van der Waals surface area (Å²) >= 11 is 6.15. The third kappa shape index (κ3) is 1.27. The standard InChI is InChI=1S/C10H9ClN2/c1-6-7(2)13-9-3-4-12-5-8(9)10(6)11/h3-5H,1-2H3. The van der Waals surface area contributed by atoms with E-state index in [-0.39, 0.29) is 0 Å². The molecule has 2 aromatic heterocycles. The number of aryl methyl sites for hydroxylation is 1. The fourth-order valence-corrected chi connectivity index (χ4v) is 1.56. The van der Waals surface area contributed by atoms with Crippen molar-refractivity contribution in [1.29, 1.82) is 0 Å². The Morgan fingerprint density at radius 3 is 2.85 bits per heavy atom. The normalized spacial score (nSPS) is 10.7. The topological polar surface area (TPSA) is 25.8 Å². The Kier molecular flexibility index (Phi) is 1.93. The van der Waals surface area contributed by atoms with E-state index in [9.17, 15) is 0 Å². The van der Waals surface area contributed by atoms with Gasteiger partial charge in [0.2, 0.25) is 0 Å². The van der Waals surface area contributed by atoms with Gasteiger partial charge in [-0.15, -0.1) is 0 Å². The molecule has 0 fully saturated rings. The second-order valence-electron chi connectivity index (χ2n) is 3.03. The number of fused-ring (bicyclic) bond motifs is 1. The van der Waals surface area contributed by atoms with E-state index in [1.807, 2.05) is 19.9 Å². The van der Waals surface area contributed by atoms with Crippen LogP contribution in [0.5, 0.6) is 0 Å². The first-order chi connectivity index (χ1) is 6.20. The molecule has 0 saturated heterocycles. The Morgan fingerprint density at radius 1 is 1.31 bits per heavy atom. The molecule has 3 heteroatoms. The minimum atomic E-state index is 0.760. The summed E-state index contributed by atoms with van der Waals surface area (Å²) in [5.74, 6) is 0. The largest absolute Gasteiger partial charge is 0.264 e. The number of rotatable bonds is 0. The number of halogens is 1. The molecule has 0 radical (unpaired) electrons. The van der Waals surface area contributed by atoms with Crippen LogP contribution in [0.25, 0.3) is 10.9 Å². The molecule has 66 valence electrons. The number of nitrogens with zero attached hydrogens (tertiary/aromatic N) is 2. The summed E-state index contributed by atoms with van der Waals surface area (Å²) in [6.07, 6.45) is 3.47. The maximum atomic E-state index is 6.15. The highest BCUT2D eigenvalue weighted by Crippen LogP contribution is 2.26. The summed E-state index contributed by atoms with van der Waals surface area (Å²) in [6.45, 7) is 3.93. The molecule has 0 bridgehead atoms. The SMILES string of the molecule is Cc1nc2ccncc2c(Cl)c1C. The van der Waals surface area contributed by atoms with Crippen molar-refractivity contribution < 1.29 is 0 Å². The van der Waals surface area contributed by atoms with Crippen LogP contribution >= 0.6 is 11.6 Å². The van der Waals surface area contributed by atoms with Crippen molar-refractivity contribution in [2.75, 3.05) is 0 Å². The van der Waals surface area contributed by atoms with Crippen LogP contribution in [-0.2, 0) is 0 Å². The monoisotopic (exact) mass is 192 g/mol. The third-order valence-electron chi connectivity index (χ3n) is 2.19. The summed E-state index contributed by atoms with van der Waals surface area (Å²) in [5.41, 5.74) is 2.91. The molecule has 2 nitrogen and oxygen atoms in total. The van der Waals surface area contributed by atoms with E-state index in [1.165, 1.54) is 0 Å². The van der Waals surface area contributed by atoms with Crippen LogP contribution in [0.3, 0.4) is 0 Å². The Morgan fingerprint density at radius 2 is 2.08 bits per heavy atom. The summed E-state index contributed by atoms with van der Waals surface area (Å²) in [7, 11) is 0. The molecule has 0 aliphatic heterocycles. The minimum absolute atomic E-state index is 0.760. The van der Waals surface area contributed by atoms with Gasteiger partial charge < -0.3 is 0 Å². The van der Waals surface area contributed by atoms with Gasteiger partial charge in [0.1, 0.15) is 0 Å². The lowest BCUT2D eigenvalue weighted by Gasteiger charge is -2.05. The number of pyridine rings is 2. The molecule has 0 aromatic carbocycles. The molecule has 0 aliphatic rings. The van der Waals surface area contributed by atoms with Crippen LogP contribution in [0.15, 0.2) is 18.5 Å². The van der Waals surface area contributed by atoms with Gasteiger partial charge in [-0.2, -0.15) is 0 Å². The average Bonchev–Trinajstić information content (AvgIpc) is 2.15. The van der Waals surface area contributed by atoms with Crippen molar-refractivity contribution in [3.63, 3.8) is 0 Å². The molecule has 0 N–H and O–H groups in total. The molecule has 0 spiro atoms. The van der Waals surface area contributed by atoms with E-state index in [0.717, 1.165) is 27.2 Å². The van der Waals surface area contributed by atoms with Gasteiger partial charge in [0.15, 0.2) is 0 Å². The lowest BCUT2D eigenvalue weighted by atomic mass is 10.1. The Hall–Kier alpha value is -1.15. The maximum absolute atomic E-state index is 6.15. The van der Waals surface area contributed by atoms with Crippen LogP contribution in [0.1, 0.15) is 11.3 Å². The lowest BCUT2D eigenvalue weighted by molar-refractivity contribution is 1.19. The molecule has 2 rings (SSSR count). The first kappa shape index (κ1) is 8.45. The molecule has 0 atom stereocenters. The van der Waals surface area contributed by atoms with Gasteiger partial charge in [0.25, 0.3) is 0 Å². The Bertz CT molecular complexity index is 466. The first-order valence-electron chi connectivity index (χ1n) is 4.06.